The topological polar surface area (TPSA) is 29.5 Å². The quantitative estimate of drug-likeness (QED) is 0.744. The molecule has 0 unspecified atom stereocenters. The van der Waals surface area contributed by atoms with Crippen LogP contribution in [0.15, 0.2) is 12.1 Å². The minimum absolute atomic E-state index is 0.228. The number of carbonyl (C=O) groups excluding carboxylic acids is 1. The second-order valence-electron chi connectivity index (χ2n) is 4.63. The third kappa shape index (κ3) is 3.29. The zero-order valence-corrected chi connectivity index (χ0v) is 11.3. The highest BCUT2D eigenvalue weighted by atomic mass is 32.1. The van der Waals surface area contributed by atoms with Gasteiger partial charge in [0.05, 0.1) is 13.8 Å². The van der Waals surface area contributed by atoms with Crippen molar-refractivity contribution in [3.63, 3.8) is 0 Å². The van der Waals surface area contributed by atoms with Gasteiger partial charge in [-0.25, -0.2) is 4.79 Å². The Morgan fingerprint density at radius 3 is 3.00 bits per heavy atom. The van der Waals surface area contributed by atoms with E-state index in [-0.39, 0.29) is 12.6 Å². The first-order valence-electron chi connectivity index (χ1n) is 6.18. The van der Waals surface area contributed by atoms with Gasteiger partial charge in [0.1, 0.15) is 4.88 Å². The lowest BCUT2D eigenvalue weighted by atomic mass is 9.95. The molecule has 0 saturated carbocycles. The Balaban J connectivity index is 1.75. The molecule has 0 bridgehead atoms. The number of nitrogens with zero attached hydrogens (tertiary/aromatic N) is 1. The highest BCUT2D eigenvalue weighted by molar-refractivity contribution is 7.13. The second-order valence-corrected chi connectivity index (χ2v) is 5.80. The molecule has 1 saturated heterocycles. The molecule has 1 aliphatic heterocycles. The standard InChI is InChI=1S/C13H18FNO2S/c1-17-13(16)12-4-3-11(18-12)7-10-8-15(9-10)6-2-5-14/h3-4,10H,2,5-9H2,1H3. The summed E-state index contributed by atoms with van der Waals surface area (Å²) in [6.45, 7) is 2.73. The van der Waals surface area contributed by atoms with Crippen LogP contribution in [0.25, 0.3) is 0 Å². The lowest BCUT2D eigenvalue weighted by Gasteiger charge is -2.39. The van der Waals surface area contributed by atoms with E-state index >= 15 is 0 Å². The molecular weight excluding hydrogens is 253 g/mol. The summed E-state index contributed by atoms with van der Waals surface area (Å²) in [5, 5.41) is 0. The number of methoxy groups -OCH3 is 1. The Labute approximate surface area is 111 Å². The normalized spacial score (nSPS) is 16.6. The SMILES string of the molecule is COC(=O)c1ccc(CC2CN(CCCF)C2)s1. The number of hydrogen-bond acceptors (Lipinski definition) is 4. The van der Waals surface area contributed by atoms with Crippen molar-refractivity contribution >= 4 is 17.3 Å². The van der Waals surface area contributed by atoms with Crippen molar-refractivity contribution < 1.29 is 13.9 Å². The first-order chi connectivity index (χ1) is 8.72. The third-order valence-electron chi connectivity index (χ3n) is 3.18. The highest BCUT2D eigenvalue weighted by Gasteiger charge is 2.26. The summed E-state index contributed by atoms with van der Waals surface area (Å²) in [4.78, 5) is 15.5. The fraction of sp³-hybridized carbons (Fsp3) is 0.615. The number of carbonyl (C=O) groups is 1. The summed E-state index contributed by atoms with van der Waals surface area (Å²) in [5.41, 5.74) is 0. The van der Waals surface area contributed by atoms with Crippen LogP contribution in [0, 0.1) is 5.92 Å². The molecule has 1 aromatic rings. The van der Waals surface area contributed by atoms with Crippen LogP contribution in [0.4, 0.5) is 4.39 Å². The minimum Gasteiger partial charge on any atom is -0.465 e. The van der Waals surface area contributed by atoms with E-state index in [0.717, 1.165) is 26.1 Å². The van der Waals surface area contributed by atoms with Crippen LogP contribution < -0.4 is 0 Å². The molecule has 1 aromatic heterocycles. The fourth-order valence-electron chi connectivity index (χ4n) is 2.25. The maximum absolute atomic E-state index is 12.0. The smallest absolute Gasteiger partial charge is 0.348 e. The highest BCUT2D eigenvalue weighted by Crippen LogP contribution is 2.25. The van der Waals surface area contributed by atoms with Crippen molar-refractivity contribution in [3.05, 3.63) is 21.9 Å². The summed E-state index contributed by atoms with van der Waals surface area (Å²) >= 11 is 1.51. The number of rotatable bonds is 6. The average Bonchev–Trinajstić information content (AvgIpc) is 2.79. The molecule has 100 valence electrons. The van der Waals surface area contributed by atoms with Gasteiger partial charge in [-0.05, 0) is 30.9 Å². The van der Waals surface area contributed by atoms with E-state index in [1.54, 1.807) is 0 Å². The molecule has 0 spiro atoms. The van der Waals surface area contributed by atoms with Gasteiger partial charge in [-0.2, -0.15) is 0 Å². The van der Waals surface area contributed by atoms with E-state index in [9.17, 15) is 9.18 Å². The van der Waals surface area contributed by atoms with Gasteiger partial charge >= 0.3 is 5.97 Å². The van der Waals surface area contributed by atoms with E-state index in [2.05, 4.69) is 9.64 Å². The van der Waals surface area contributed by atoms with E-state index in [1.165, 1.54) is 23.3 Å². The molecule has 2 rings (SSSR count). The predicted octanol–water partition coefficient (Wildman–Crippen LogP) is 2.37. The van der Waals surface area contributed by atoms with Crippen LogP contribution in [-0.2, 0) is 11.2 Å². The van der Waals surface area contributed by atoms with Crippen LogP contribution in [0.3, 0.4) is 0 Å². The summed E-state index contributed by atoms with van der Waals surface area (Å²) in [5.74, 6) is 0.387. The number of thiophene rings is 1. The van der Waals surface area contributed by atoms with Crippen LogP contribution in [0.2, 0.25) is 0 Å². The minimum atomic E-state index is -0.260. The van der Waals surface area contributed by atoms with E-state index < -0.39 is 0 Å². The Morgan fingerprint density at radius 1 is 1.56 bits per heavy atom. The summed E-state index contributed by atoms with van der Waals surface area (Å²) in [6, 6.07) is 3.83. The van der Waals surface area contributed by atoms with E-state index in [1.807, 2.05) is 12.1 Å². The molecule has 0 amide bonds. The Kier molecular flexibility index (Phi) is 4.72. The van der Waals surface area contributed by atoms with Gasteiger partial charge in [-0.15, -0.1) is 11.3 Å². The number of halogens is 1. The van der Waals surface area contributed by atoms with Crippen LogP contribution in [0.5, 0.6) is 0 Å². The molecular formula is C13H18FNO2S. The Hall–Kier alpha value is -0.940. The number of ether oxygens (including phenoxy) is 1. The molecule has 3 nitrogen and oxygen atoms in total. The summed E-state index contributed by atoms with van der Waals surface area (Å²) < 4.78 is 16.7. The van der Waals surface area contributed by atoms with Crippen molar-refractivity contribution in [3.8, 4) is 0 Å². The number of likely N-dealkylation sites (tertiary alicyclic amines) is 1. The van der Waals surface area contributed by atoms with E-state index in [0.29, 0.717) is 17.2 Å². The Morgan fingerprint density at radius 2 is 2.33 bits per heavy atom. The molecule has 0 radical (unpaired) electrons. The largest absolute Gasteiger partial charge is 0.465 e. The number of esters is 1. The molecule has 5 heteroatoms. The Bertz CT molecular complexity index is 401. The van der Waals surface area contributed by atoms with Gasteiger partial charge in [0.25, 0.3) is 0 Å². The lowest BCUT2D eigenvalue weighted by Crippen LogP contribution is -2.47. The fourth-order valence-corrected chi connectivity index (χ4v) is 3.29. The van der Waals surface area contributed by atoms with Crippen LogP contribution in [0.1, 0.15) is 21.0 Å². The molecule has 1 aliphatic rings. The molecule has 0 atom stereocenters. The molecule has 0 aliphatic carbocycles. The lowest BCUT2D eigenvalue weighted by molar-refractivity contribution is 0.0606. The van der Waals surface area contributed by atoms with Gasteiger partial charge in [0, 0.05) is 24.5 Å². The van der Waals surface area contributed by atoms with Crippen molar-refractivity contribution in [2.45, 2.75) is 12.8 Å². The number of alkyl halides is 1. The second kappa shape index (κ2) is 6.29. The van der Waals surface area contributed by atoms with Crippen molar-refractivity contribution in [1.82, 2.24) is 4.90 Å². The van der Waals surface area contributed by atoms with Crippen LogP contribution in [-0.4, -0.2) is 44.3 Å². The average molecular weight is 271 g/mol. The van der Waals surface area contributed by atoms with Crippen molar-refractivity contribution in [1.29, 1.82) is 0 Å². The summed E-state index contributed by atoms with van der Waals surface area (Å²) in [6.07, 6.45) is 1.64. The first kappa shape index (κ1) is 13.5. The summed E-state index contributed by atoms with van der Waals surface area (Å²) in [7, 11) is 1.40. The van der Waals surface area contributed by atoms with Gasteiger partial charge in [-0.1, -0.05) is 0 Å². The van der Waals surface area contributed by atoms with Crippen molar-refractivity contribution in [2.24, 2.45) is 5.92 Å². The van der Waals surface area contributed by atoms with Gasteiger partial charge in [0.2, 0.25) is 0 Å². The van der Waals surface area contributed by atoms with Gasteiger partial charge in [-0.3, -0.25) is 4.39 Å². The molecule has 2 heterocycles. The molecule has 1 fully saturated rings. The molecule has 0 aromatic carbocycles. The zero-order chi connectivity index (χ0) is 13.0. The number of hydrogen-bond donors (Lipinski definition) is 0. The molecule has 0 N–H and O–H groups in total. The third-order valence-corrected chi connectivity index (χ3v) is 4.27. The maximum atomic E-state index is 12.0. The zero-order valence-electron chi connectivity index (χ0n) is 10.5. The van der Waals surface area contributed by atoms with Crippen molar-refractivity contribution in [2.75, 3.05) is 33.4 Å². The van der Waals surface area contributed by atoms with E-state index in [4.69, 9.17) is 0 Å². The monoisotopic (exact) mass is 271 g/mol. The van der Waals surface area contributed by atoms with Crippen LogP contribution >= 0.6 is 11.3 Å². The molecule has 18 heavy (non-hydrogen) atoms. The first-order valence-corrected chi connectivity index (χ1v) is 7.00. The maximum Gasteiger partial charge on any atom is 0.348 e. The van der Waals surface area contributed by atoms with Gasteiger partial charge < -0.3 is 9.64 Å². The predicted molar refractivity (Wildman–Crippen MR) is 69.9 cm³/mol. The van der Waals surface area contributed by atoms with Gasteiger partial charge in [0.15, 0.2) is 0 Å².